The number of rotatable bonds is 2. The Balaban J connectivity index is 1.50. The van der Waals surface area contributed by atoms with E-state index in [-0.39, 0.29) is 5.91 Å². The summed E-state index contributed by atoms with van der Waals surface area (Å²) in [6, 6.07) is 25.4. The lowest BCUT2D eigenvalue weighted by molar-refractivity contribution is -0.126. The molecular weight excluding hydrogens is 338 g/mol. The molecule has 1 saturated heterocycles. The van der Waals surface area contributed by atoms with Crippen molar-refractivity contribution in [2.45, 2.75) is 5.54 Å². The maximum absolute atomic E-state index is 13.2. The van der Waals surface area contributed by atoms with Crippen LogP contribution >= 0.6 is 0 Å². The van der Waals surface area contributed by atoms with Crippen molar-refractivity contribution in [3.63, 3.8) is 0 Å². The summed E-state index contributed by atoms with van der Waals surface area (Å²) in [6.07, 6.45) is 0. The van der Waals surface area contributed by atoms with Crippen molar-refractivity contribution in [2.75, 3.05) is 5.43 Å². The van der Waals surface area contributed by atoms with Crippen LogP contribution < -0.4 is 21.6 Å². The van der Waals surface area contributed by atoms with Gasteiger partial charge < -0.3 is 0 Å². The average Bonchev–Trinajstić information content (AvgIpc) is 3.01. The van der Waals surface area contributed by atoms with Gasteiger partial charge in [0.1, 0.15) is 0 Å². The first-order valence-corrected chi connectivity index (χ1v) is 8.72. The van der Waals surface area contributed by atoms with Gasteiger partial charge in [-0.2, -0.15) is 0 Å². The van der Waals surface area contributed by atoms with Gasteiger partial charge in [0, 0.05) is 0 Å². The molecule has 1 amide bonds. The molecule has 3 aromatic carbocycles. The Morgan fingerprint density at radius 1 is 0.778 bits per heavy atom. The fraction of sp³-hybridized carbons (Fsp3) is 0.0476. The van der Waals surface area contributed by atoms with Gasteiger partial charge >= 0.3 is 0 Å². The Bertz CT molecular complexity index is 1020. The van der Waals surface area contributed by atoms with E-state index in [4.69, 9.17) is 0 Å². The summed E-state index contributed by atoms with van der Waals surface area (Å²) in [5.41, 5.74) is 13.0. The van der Waals surface area contributed by atoms with Crippen LogP contribution in [0.2, 0.25) is 0 Å². The molecule has 1 fully saturated rings. The summed E-state index contributed by atoms with van der Waals surface area (Å²) >= 11 is 0. The number of hydrazone groups is 1. The number of hydrogen-bond acceptors (Lipinski definition) is 4. The van der Waals surface area contributed by atoms with Crippen LogP contribution in [0.25, 0.3) is 11.1 Å². The molecule has 5 rings (SSSR count). The number of benzene rings is 3. The highest BCUT2D eigenvalue weighted by atomic mass is 16.2. The number of nitrogens with zero attached hydrogens (tertiary/aromatic N) is 1. The number of para-hydroxylation sites is 1. The second kappa shape index (κ2) is 5.96. The van der Waals surface area contributed by atoms with Gasteiger partial charge in [-0.25, -0.2) is 5.43 Å². The highest BCUT2D eigenvalue weighted by Gasteiger charge is 2.51. The van der Waals surface area contributed by atoms with Gasteiger partial charge in [-0.05, 0) is 34.4 Å². The summed E-state index contributed by atoms with van der Waals surface area (Å²) < 4.78 is 0. The minimum absolute atomic E-state index is 0.174. The third kappa shape index (κ3) is 2.31. The van der Waals surface area contributed by atoms with Crippen LogP contribution in [0.1, 0.15) is 11.1 Å². The van der Waals surface area contributed by atoms with E-state index in [0.29, 0.717) is 5.96 Å². The largest absolute Gasteiger partial charge is 0.292 e. The Morgan fingerprint density at radius 3 is 2.00 bits per heavy atom. The average molecular weight is 355 g/mol. The van der Waals surface area contributed by atoms with Gasteiger partial charge in [-0.1, -0.05) is 66.7 Å². The fourth-order valence-electron chi connectivity index (χ4n) is 3.75. The maximum Gasteiger partial charge on any atom is 0.258 e. The number of carbonyl (C=O) groups is 1. The van der Waals surface area contributed by atoms with Crippen LogP contribution in [-0.4, -0.2) is 11.9 Å². The molecule has 1 aliphatic carbocycles. The van der Waals surface area contributed by atoms with Crippen molar-refractivity contribution in [1.82, 2.24) is 16.2 Å². The molecule has 132 valence electrons. The molecule has 1 spiro atoms. The molecule has 0 unspecified atom stereocenters. The van der Waals surface area contributed by atoms with Crippen molar-refractivity contribution < 1.29 is 4.79 Å². The van der Waals surface area contributed by atoms with Crippen LogP contribution in [-0.2, 0) is 10.3 Å². The van der Waals surface area contributed by atoms with E-state index in [0.717, 1.165) is 27.9 Å². The Labute approximate surface area is 156 Å². The number of carbonyl (C=O) groups excluding carboxylic acids is 1. The third-order valence-corrected chi connectivity index (χ3v) is 4.96. The zero-order valence-corrected chi connectivity index (χ0v) is 14.4. The molecule has 0 radical (unpaired) electrons. The van der Waals surface area contributed by atoms with Gasteiger partial charge in [-0.3, -0.25) is 21.0 Å². The minimum atomic E-state index is -0.987. The van der Waals surface area contributed by atoms with Crippen LogP contribution in [0, 0.1) is 0 Å². The number of nitrogens with one attached hydrogen (secondary N) is 4. The first-order chi connectivity index (χ1) is 13.3. The first kappa shape index (κ1) is 15.6. The molecule has 0 atom stereocenters. The SMILES string of the molecule is O=C1N/C(=N\Nc2ccccc2)NNC12c1ccccc1-c1ccccc12. The summed E-state index contributed by atoms with van der Waals surface area (Å²) in [7, 11) is 0. The zero-order valence-electron chi connectivity index (χ0n) is 14.4. The molecule has 6 nitrogen and oxygen atoms in total. The molecule has 4 N–H and O–H groups in total. The molecule has 2 aliphatic rings. The number of amides is 1. The molecule has 0 saturated carbocycles. The first-order valence-electron chi connectivity index (χ1n) is 8.72. The predicted molar refractivity (Wildman–Crippen MR) is 105 cm³/mol. The van der Waals surface area contributed by atoms with E-state index >= 15 is 0 Å². The Kier molecular flexibility index (Phi) is 3.45. The number of hydrogen-bond donors (Lipinski definition) is 4. The topological polar surface area (TPSA) is 77.5 Å². The second-order valence-corrected chi connectivity index (χ2v) is 6.48. The Hall–Kier alpha value is -3.64. The van der Waals surface area contributed by atoms with Crippen molar-refractivity contribution in [2.24, 2.45) is 5.10 Å². The number of anilines is 1. The molecule has 6 heteroatoms. The van der Waals surface area contributed by atoms with Crippen molar-refractivity contribution >= 4 is 17.6 Å². The molecule has 0 aromatic heterocycles. The standard InChI is InChI=1S/C21H17N5O/c27-19-21(26-25-20(22-19)24-23-14-8-2-1-3-9-14)17-12-6-4-10-15(17)16-11-5-7-13-18(16)21/h1-13,23,26H,(H2,22,24,25,27). The highest BCUT2D eigenvalue weighted by Crippen LogP contribution is 2.47. The van der Waals surface area contributed by atoms with E-state index in [1.54, 1.807) is 0 Å². The summed E-state index contributed by atoms with van der Waals surface area (Å²) in [6.45, 7) is 0. The van der Waals surface area contributed by atoms with E-state index in [1.807, 2.05) is 78.9 Å². The molecule has 0 bridgehead atoms. The van der Waals surface area contributed by atoms with Gasteiger partial charge in [0.05, 0.1) is 5.69 Å². The highest BCUT2D eigenvalue weighted by molar-refractivity contribution is 6.09. The summed E-state index contributed by atoms with van der Waals surface area (Å²) in [5.74, 6) is 0.142. The van der Waals surface area contributed by atoms with Gasteiger partial charge in [0.25, 0.3) is 5.91 Å². The second-order valence-electron chi connectivity index (χ2n) is 6.48. The van der Waals surface area contributed by atoms with Crippen molar-refractivity contribution in [3.8, 4) is 11.1 Å². The van der Waals surface area contributed by atoms with E-state index in [9.17, 15) is 4.79 Å². The molecule has 3 aromatic rings. The fourth-order valence-corrected chi connectivity index (χ4v) is 3.75. The quantitative estimate of drug-likeness (QED) is 0.533. The van der Waals surface area contributed by atoms with E-state index < -0.39 is 5.54 Å². The van der Waals surface area contributed by atoms with Crippen LogP contribution in [0.5, 0.6) is 0 Å². The number of hydrazine groups is 1. The normalized spacial score (nSPS) is 17.8. The lowest BCUT2D eigenvalue weighted by atomic mass is 9.86. The van der Waals surface area contributed by atoms with Crippen molar-refractivity contribution in [3.05, 3.63) is 90.0 Å². The monoisotopic (exact) mass is 355 g/mol. The number of fused-ring (bicyclic) bond motifs is 5. The summed E-state index contributed by atoms with van der Waals surface area (Å²) in [5, 5.41) is 7.11. The van der Waals surface area contributed by atoms with Gasteiger partial charge in [0.15, 0.2) is 5.54 Å². The minimum Gasteiger partial charge on any atom is -0.292 e. The maximum atomic E-state index is 13.2. The van der Waals surface area contributed by atoms with Crippen LogP contribution in [0.15, 0.2) is 84.0 Å². The van der Waals surface area contributed by atoms with E-state index in [2.05, 4.69) is 26.7 Å². The van der Waals surface area contributed by atoms with E-state index in [1.165, 1.54) is 0 Å². The van der Waals surface area contributed by atoms with Crippen LogP contribution in [0.3, 0.4) is 0 Å². The lowest BCUT2D eigenvalue weighted by Crippen LogP contribution is -2.68. The molecular formula is C21H17N5O. The van der Waals surface area contributed by atoms with Gasteiger partial charge in [-0.15, -0.1) is 5.10 Å². The van der Waals surface area contributed by atoms with Crippen molar-refractivity contribution in [1.29, 1.82) is 0 Å². The number of guanidine groups is 1. The molecule has 1 aliphatic heterocycles. The lowest BCUT2D eigenvalue weighted by Gasteiger charge is -2.36. The third-order valence-electron chi connectivity index (χ3n) is 4.96. The molecule has 1 heterocycles. The summed E-state index contributed by atoms with van der Waals surface area (Å²) in [4.78, 5) is 13.2. The smallest absolute Gasteiger partial charge is 0.258 e. The predicted octanol–water partition coefficient (Wildman–Crippen LogP) is 2.52. The Morgan fingerprint density at radius 2 is 1.37 bits per heavy atom. The molecule has 27 heavy (non-hydrogen) atoms. The van der Waals surface area contributed by atoms with Gasteiger partial charge in [0.2, 0.25) is 5.96 Å². The zero-order chi connectivity index (χ0) is 18.3. The van der Waals surface area contributed by atoms with Crippen LogP contribution in [0.4, 0.5) is 5.69 Å².